The summed E-state index contributed by atoms with van der Waals surface area (Å²) in [4.78, 5) is 0. The van der Waals surface area contributed by atoms with Crippen LogP contribution in [-0.4, -0.2) is 12.4 Å². The van der Waals surface area contributed by atoms with Gasteiger partial charge in [0.05, 0.1) is 0 Å². The van der Waals surface area contributed by atoms with E-state index in [1.54, 1.807) is 23.7 Å². The fraction of sp³-hybridized carbons (Fsp3) is 0.769. The standard InChI is InChI=1S/C14H22N2.2C6H11.2Fe/c1-11-5-3-7-13(11)9-15-16-10-14-8-4-6-12(14)2;2*1-6-4-2-3-5-6;;/h9-10,13-14H,3-8H2,1-2H3;2*2-5H2,1H3;;/q-2;2*-1;2*+2/b15-9+,16-10+;;;;. The van der Waals surface area contributed by atoms with E-state index < -0.39 is 0 Å². The molecule has 0 bridgehead atoms. The third-order valence-corrected chi connectivity index (χ3v) is 6.91. The monoisotopic (exact) mass is 496 g/mol. The predicted molar refractivity (Wildman–Crippen MR) is 124 cm³/mol. The van der Waals surface area contributed by atoms with Gasteiger partial charge in [-0.3, -0.25) is 0 Å². The maximum Gasteiger partial charge on any atom is 2.00 e. The Morgan fingerprint density at radius 2 is 0.867 bits per heavy atom. The molecule has 0 aromatic rings. The number of nitrogens with zero attached hydrogens (tertiary/aromatic N) is 2. The van der Waals surface area contributed by atoms with E-state index in [0.29, 0.717) is 11.8 Å². The van der Waals surface area contributed by atoms with Crippen LogP contribution in [-0.2, 0) is 34.1 Å². The average Bonchev–Trinajstić information content (AvgIpc) is 3.46. The van der Waals surface area contributed by atoms with E-state index in [-0.39, 0.29) is 34.1 Å². The Balaban J connectivity index is 0.000000497. The van der Waals surface area contributed by atoms with Gasteiger partial charge in [-0.25, -0.2) is 0 Å². The molecule has 174 valence electrons. The van der Waals surface area contributed by atoms with Crippen molar-refractivity contribution in [2.75, 3.05) is 0 Å². The topological polar surface area (TPSA) is 24.7 Å². The summed E-state index contributed by atoms with van der Waals surface area (Å²) in [6.07, 6.45) is 23.2. The Labute approximate surface area is 209 Å². The fourth-order valence-electron chi connectivity index (χ4n) is 4.66. The van der Waals surface area contributed by atoms with E-state index in [1.807, 2.05) is 12.4 Å². The Morgan fingerprint density at radius 1 is 0.533 bits per heavy atom. The van der Waals surface area contributed by atoms with Gasteiger partial charge in [0.1, 0.15) is 0 Å². The second-order valence-corrected chi connectivity index (χ2v) is 9.55. The van der Waals surface area contributed by atoms with Gasteiger partial charge in [-0.15, -0.1) is 11.8 Å². The minimum Gasteiger partial charge on any atom is -0.317 e. The van der Waals surface area contributed by atoms with E-state index in [0.717, 1.165) is 0 Å². The largest absolute Gasteiger partial charge is 2.00 e. The smallest absolute Gasteiger partial charge is 0.317 e. The first-order valence-corrected chi connectivity index (χ1v) is 11.9. The van der Waals surface area contributed by atoms with E-state index >= 15 is 0 Å². The van der Waals surface area contributed by atoms with Crippen molar-refractivity contribution in [3.8, 4) is 0 Å². The zero-order valence-corrected chi connectivity index (χ0v) is 22.0. The Morgan fingerprint density at radius 3 is 1.07 bits per heavy atom. The molecule has 0 saturated heterocycles. The summed E-state index contributed by atoms with van der Waals surface area (Å²) < 4.78 is 0. The van der Waals surface area contributed by atoms with Gasteiger partial charge < -0.3 is 23.7 Å². The summed E-state index contributed by atoms with van der Waals surface area (Å²) in [7, 11) is 0. The Hall–Kier alpha value is 0.379. The van der Waals surface area contributed by atoms with Crippen LogP contribution in [0.2, 0.25) is 0 Å². The molecule has 0 aliphatic heterocycles. The summed E-state index contributed by atoms with van der Waals surface area (Å²) in [5.74, 6) is 7.73. The van der Waals surface area contributed by atoms with Gasteiger partial charge in [0, 0.05) is 12.4 Å². The van der Waals surface area contributed by atoms with E-state index in [1.165, 1.54) is 89.9 Å². The van der Waals surface area contributed by atoms with Gasteiger partial charge in [0.25, 0.3) is 0 Å². The molecule has 0 aromatic carbocycles. The number of rotatable bonds is 3. The third-order valence-electron chi connectivity index (χ3n) is 6.91. The van der Waals surface area contributed by atoms with Gasteiger partial charge in [-0.2, -0.15) is 76.4 Å². The molecule has 30 heavy (non-hydrogen) atoms. The molecule has 4 fully saturated rings. The van der Waals surface area contributed by atoms with Crippen molar-refractivity contribution in [3.05, 3.63) is 23.7 Å². The van der Waals surface area contributed by atoms with Crippen LogP contribution >= 0.6 is 0 Å². The zero-order valence-electron chi connectivity index (χ0n) is 19.8. The van der Waals surface area contributed by atoms with Crippen LogP contribution in [0.15, 0.2) is 10.2 Å². The summed E-state index contributed by atoms with van der Waals surface area (Å²) in [6, 6.07) is 0. The zero-order chi connectivity index (χ0) is 20.2. The normalized spacial score (nSPS) is 28.1. The molecular weight excluding hydrogens is 452 g/mol. The molecule has 0 spiro atoms. The van der Waals surface area contributed by atoms with Crippen LogP contribution in [0, 0.1) is 35.5 Å². The second kappa shape index (κ2) is 17.9. The van der Waals surface area contributed by atoms with Crippen LogP contribution < -0.4 is 0 Å². The molecule has 4 saturated carbocycles. The molecule has 4 aliphatic rings. The Kier molecular flexibility index (Phi) is 18.1. The predicted octanol–water partition coefficient (Wildman–Crippen LogP) is 8.14. The molecule has 2 atom stereocenters. The molecule has 4 heteroatoms. The summed E-state index contributed by atoms with van der Waals surface area (Å²) in [6.45, 7) is 8.99. The van der Waals surface area contributed by atoms with Crippen molar-refractivity contribution < 1.29 is 34.1 Å². The van der Waals surface area contributed by atoms with Gasteiger partial charge in [-0.1, -0.05) is 51.4 Å². The molecule has 4 aliphatic carbocycles. The van der Waals surface area contributed by atoms with Gasteiger partial charge in [0.15, 0.2) is 0 Å². The minimum atomic E-state index is 0. The minimum absolute atomic E-state index is 0. The quantitative estimate of drug-likeness (QED) is 0.163. The third kappa shape index (κ3) is 12.4. The maximum absolute atomic E-state index is 4.21. The van der Waals surface area contributed by atoms with Crippen LogP contribution in [0.25, 0.3) is 0 Å². The summed E-state index contributed by atoms with van der Waals surface area (Å²) in [5.41, 5.74) is 0. The van der Waals surface area contributed by atoms with Crippen molar-refractivity contribution in [2.45, 2.75) is 118 Å². The molecule has 0 N–H and O–H groups in total. The van der Waals surface area contributed by atoms with E-state index in [9.17, 15) is 0 Å². The van der Waals surface area contributed by atoms with Crippen LogP contribution in [0.5, 0.6) is 0 Å². The van der Waals surface area contributed by atoms with Crippen LogP contribution in [0.4, 0.5) is 0 Å². The first kappa shape index (κ1) is 30.4. The number of hydrogen-bond acceptors (Lipinski definition) is 2. The van der Waals surface area contributed by atoms with E-state index in [4.69, 9.17) is 0 Å². The van der Waals surface area contributed by atoms with Gasteiger partial charge in [0.2, 0.25) is 0 Å². The Bertz CT molecular complexity index is 412. The van der Waals surface area contributed by atoms with Crippen molar-refractivity contribution in [2.24, 2.45) is 22.0 Å². The molecule has 0 aromatic heterocycles. The van der Waals surface area contributed by atoms with Crippen molar-refractivity contribution >= 4 is 12.4 Å². The van der Waals surface area contributed by atoms with Gasteiger partial charge >= 0.3 is 34.1 Å². The molecule has 2 nitrogen and oxygen atoms in total. The first-order valence-electron chi connectivity index (χ1n) is 11.9. The van der Waals surface area contributed by atoms with Gasteiger partial charge in [-0.05, 0) is 0 Å². The first-order chi connectivity index (χ1) is 13.6. The second-order valence-electron chi connectivity index (χ2n) is 9.55. The SMILES string of the molecule is C[C-]1CCCC1.C[C-]1CCCC1.C[C-]1CCCC1/C=N/N=C/C1CCC[C-]1C.[Fe+2].[Fe+2]. The maximum atomic E-state index is 4.21. The summed E-state index contributed by atoms with van der Waals surface area (Å²) in [5, 5.41) is 8.42. The molecular formula is C26H44Fe2N2. The molecule has 2 unspecified atom stereocenters. The number of hydrogen-bond donors (Lipinski definition) is 0. The van der Waals surface area contributed by atoms with Crippen molar-refractivity contribution in [3.63, 3.8) is 0 Å². The summed E-state index contributed by atoms with van der Waals surface area (Å²) >= 11 is 0. The average molecular weight is 496 g/mol. The van der Waals surface area contributed by atoms with E-state index in [2.05, 4.69) is 37.9 Å². The molecule has 4 rings (SSSR count). The molecule has 0 amide bonds. The van der Waals surface area contributed by atoms with Crippen molar-refractivity contribution in [1.29, 1.82) is 0 Å². The fourth-order valence-corrected chi connectivity index (χ4v) is 4.66. The molecule has 0 heterocycles. The van der Waals surface area contributed by atoms with Crippen LogP contribution in [0.1, 0.15) is 118 Å². The molecule has 0 radical (unpaired) electrons. The van der Waals surface area contributed by atoms with Crippen LogP contribution in [0.3, 0.4) is 0 Å². The van der Waals surface area contributed by atoms with Crippen molar-refractivity contribution in [1.82, 2.24) is 0 Å².